The summed E-state index contributed by atoms with van der Waals surface area (Å²) in [7, 11) is -4.08. The van der Waals surface area contributed by atoms with Crippen molar-refractivity contribution in [2.24, 2.45) is 0 Å². The minimum atomic E-state index is -4.08. The molecule has 0 unspecified atom stereocenters. The van der Waals surface area contributed by atoms with Crippen LogP contribution < -0.4 is 4.72 Å². The molecule has 0 atom stereocenters. The van der Waals surface area contributed by atoms with Crippen LogP contribution in [0.5, 0.6) is 0 Å². The third-order valence-corrected chi connectivity index (χ3v) is 4.88. The molecule has 0 amide bonds. The van der Waals surface area contributed by atoms with Crippen LogP contribution in [0, 0.1) is 15.9 Å². The van der Waals surface area contributed by atoms with Gasteiger partial charge in [0.2, 0.25) is 10.0 Å². The van der Waals surface area contributed by atoms with Crippen LogP contribution in [-0.4, -0.2) is 19.4 Å². The molecule has 0 bridgehead atoms. The van der Waals surface area contributed by atoms with Gasteiger partial charge < -0.3 is 0 Å². The lowest BCUT2D eigenvalue weighted by Gasteiger charge is -2.22. The molecule has 1 fully saturated rings. The van der Waals surface area contributed by atoms with Crippen LogP contribution in [-0.2, 0) is 10.0 Å². The second-order valence-electron chi connectivity index (χ2n) is 4.83. The Morgan fingerprint density at radius 3 is 2.50 bits per heavy atom. The fourth-order valence-corrected chi connectivity index (χ4v) is 3.72. The predicted molar refractivity (Wildman–Crippen MR) is 70.2 cm³/mol. The molecule has 8 heteroatoms. The lowest BCUT2D eigenvalue weighted by atomic mass is 9.96. The average molecular weight is 302 g/mol. The summed E-state index contributed by atoms with van der Waals surface area (Å²) in [6.07, 6.45) is 4.31. The zero-order chi connectivity index (χ0) is 14.8. The maximum Gasteiger partial charge on any atom is 0.270 e. The summed E-state index contributed by atoms with van der Waals surface area (Å²) in [5, 5.41) is 10.6. The molecular formula is C12H15FN2O4S. The second-order valence-corrected chi connectivity index (χ2v) is 6.51. The van der Waals surface area contributed by atoms with Gasteiger partial charge in [0.15, 0.2) is 0 Å². The monoisotopic (exact) mass is 302 g/mol. The summed E-state index contributed by atoms with van der Waals surface area (Å²) >= 11 is 0. The van der Waals surface area contributed by atoms with Gasteiger partial charge in [-0.25, -0.2) is 17.5 Å². The molecule has 0 spiro atoms. The molecule has 2 rings (SSSR count). The molecule has 20 heavy (non-hydrogen) atoms. The van der Waals surface area contributed by atoms with Crippen molar-refractivity contribution in [2.45, 2.75) is 43.0 Å². The number of halogens is 1. The summed E-state index contributed by atoms with van der Waals surface area (Å²) in [5.41, 5.74) is -0.449. The first-order valence-corrected chi connectivity index (χ1v) is 7.85. The zero-order valence-electron chi connectivity index (χ0n) is 10.7. The van der Waals surface area contributed by atoms with Crippen molar-refractivity contribution in [3.05, 3.63) is 34.1 Å². The van der Waals surface area contributed by atoms with Crippen molar-refractivity contribution in [1.29, 1.82) is 0 Å². The Bertz CT molecular complexity index is 612. The van der Waals surface area contributed by atoms with Gasteiger partial charge in [-0.3, -0.25) is 10.1 Å². The fourth-order valence-electron chi connectivity index (χ4n) is 2.31. The van der Waals surface area contributed by atoms with Crippen molar-refractivity contribution in [2.75, 3.05) is 0 Å². The van der Waals surface area contributed by atoms with Gasteiger partial charge >= 0.3 is 0 Å². The van der Waals surface area contributed by atoms with Crippen LogP contribution in [0.3, 0.4) is 0 Å². The van der Waals surface area contributed by atoms with Gasteiger partial charge in [0.05, 0.1) is 4.92 Å². The summed E-state index contributed by atoms with van der Waals surface area (Å²) in [6, 6.07) is 2.26. The highest BCUT2D eigenvalue weighted by Crippen LogP contribution is 2.24. The van der Waals surface area contributed by atoms with E-state index < -0.39 is 31.3 Å². The average Bonchev–Trinajstić information content (AvgIpc) is 2.39. The van der Waals surface area contributed by atoms with E-state index in [2.05, 4.69) is 4.72 Å². The highest BCUT2D eigenvalue weighted by molar-refractivity contribution is 7.89. The molecule has 0 saturated heterocycles. The van der Waals surface area contributed by atoms with Gasteiger partial charge in [-0.15, -0.1) is 0 Å². The molecule has 1 aliphatic carbocycles. The van der Waals surface area contributed by atoms with E-state index in [9.17, 15) is 22.9 Å². The van der Waals surface area contributed by atoms with Crippen molar-refractivity contribution >= 4 is 15.7 Å². The number of benzene rings is 1. The molecular weight excluding hydrogens is 287 g/mol. The van der Waals surface area contributed by atoms with Crippen molar-refractivity contribution in [3.8, 4) is 0 Å². The molecule has 1 saturated carbocycles. The predicted octanol–water partition coefficient (Wildman–Crippen LogP) is 2.34. The molecule has 6 nitrogen and oxygen atoms in total. The number of rotatable bonds is 4. The van der Waals surface area contributed by atoms with Crippen LogP contribution in [0.25, 0.3) is 0 Å². The highest BCUT2D eigenvalue weighted by atomic mass is 32.2. The molecule has 0 aromatic heterocycles. The first-order valence-electron chi connectivity index (χ1n) is 6.36. The van der Waals surface area contributed by atoms with E-state index in [1.807, 2.05) is 0 Å². The van der Waals surface area contributed by atoms with E-state index in [1.54, 1.807) is 0 Å². The van der Waals surface area contributed by atoms with Gasteiger partial charge in [-0.2, -0.15) is 0 Å². The molecule has 1 aliphatic rings. The van der Waals surface area contributed by atoms with E-state index in [1.165, 1.54) is 0 Å². The van der Waals surface area contributed by atoms with Gasteiger partial charge in [0.1, 0.15) is 10.7 Å². The molecule has 1 aromatic rings. The number of nitrogens with zero attached hydrogens (tertiary/aromatic N) is 1. The summed E-state index contributed by atoms with van der Waals surface area (Å²) in [4.78, 5) is 9.23. The fraction of sp³-hybridized carbons (Fsp3) is 0.500. The van der Waals surface area contributed by atoms with Gasteiger partial charge in [0.25, 0.3) is 5.69 Å². The standard InChI is InChI=1S/C12H15FN2O4S/c13-11-7-6-10(15(16)17)8-12(11)20(18,19)14-9-4-2-1-3-5-9/h6-9,14H,1-5H2. The van der Waals surface area contributed by atoms with Crippen LogP contribution in [0.4, 0.5) is 10.1 Å². The van der Waals surface area contributed by atoms with Crippen LogP contribution in [0.1, 0.15) is 32.1 Å². The van der Waals surface area contributed by atoms with Crippen molar-refractivity contribution < 1.29 is 17.7 Å². The van der Waals surface area contributed by atoms with Crippen LogP contribution >= 0.6 is 0 Å². The third kappa shape index (κ3) is 3.31. The number of nitro benzene ring substituents is 1. The van der Waals surface area contributed by atoms with E-state index in [-0.39, 0.29) is 6.04 Å². The molecule has 1 N–H and O–H groups in total. The summed E-state index contributed by atoms with van der Waals surface area (Å²) < 4.78 is 40.3. The lowest BCUT2D eigenvalue weighted by Crippen LogP contribution is -2.36. The van der Waals surface area contributed by atoms with E-state index >= 15 is 0 Å². The zero-order valence-corrected chi connectivity index (χ0v) is 11.5. The van der Waals surface area contributed by atoms with Crippen molar-refractivity contribution in [1.82, 2.24) is 4.72 Å². The maximum absolute atomic E-state index is 13.6. The number of sulfonamides is 1. The van der Waals surface area contributed by atoms with E-state index in [4.69, 9.17) is 0 Å². The van der Waals surface area contributed by atoms with Gasteiger partial charge in [-0.05, 0) is 18.9 Å². The number of nitro groups is 1. The first kappa shape index (κ1) is 14.9. The number of hydrogen-bond donors (Lipinski definition) is 1. The maximum atomic E-state index is 13.6. The number of non-ortho nitro benzene ring substituents is 1. The molecule has 0 aliphatic heterocycles. The Kier molecular flexibility index (Phi) is 4.34. The lowest BCUT2D eigenvalue weighted by molar-refractivity contribution is -0.385. The molecule has 0 radical (unpaired) electrons. The van der Waals surface area contributed by atoms with Crippen LogP contribution in [0.15, 0.2) is 23.1 Å². The molecule has 0 heterocycles. The Labute approximate surface area is 116 Å². The van der Waals surface area contributed by atoms with Gasteiger partial charge in [0, 0.05) is 18.2 Å². The SMILES string of the molecule is O=[N+]([O-])c1ccc(F)c(S(=O)(=O)NC2CCCCC2)c1. The second kappa shape index (κ2) is 5.84. The van der Waals surface area contributed by atoms with Gasteiger partial charge in [-0.1, -0.05) is 19.3 Å². The van der Waals surface area contributed by atoms with Crippen molar-refractivity contribution in [3.63, 3.8) is 0 Å². The number of nitrogens with one attached hydrogen (secondary N) is 1. The summed E-state index contributed by atoms with van der Waals surface area (Å²) in [6.45, 7) is 0. The van der Waals surface area contributed by atoms with E-state index in [0.717, 1.165) is 37.5 Å². The summed E-state index contributed by atoms with van der Waals surface area (Å²) in [5.74, 6) is -0.987. The minimum Gasteiger partial charge on any atom is -0.258 e. The van der Waals surface area contributed by atoms with Crippen LogP contribution in [0.2, 0.25) is 0 Å². The molecule has 110 valence electrons. The quantitative estimate of drug-likeness (QED) is 0.683. The van der Waals surface area contributed by atoms with E-state index in [0.29, 0.717) is 12.8 Å². The largest absolute Gasteiger partial charge is 0.270 e. The topological polar surface area (TPSA) is 89.3 Å². The minimum absolute atomic E-state index is 0.229. The third-order valence-electron chi connectivity index (χ3n) is 3.34. The Morgan fingerprint density at radius 2 is 1.90 bits per heavy atom. The number of hydrogen-bond acceptors (Lipinski definition) is 4. The highest BCUT2D eigenvalue weighted by Gasteiger charge is 2.26. The Hall–Kier alpha value is -1.54. The normalized spacial score (nSPS) is 17.1. The smallest absolute Gasteiger partial charge is 0.258 e. The Morgan fingerprint density at radius 1 is 1.25 bits per heavy atom. The molecule has 1 aromatic carbocycles. The Balaban J connectivity index is 2.28. The first-order chi connectivity index (χ1) is 9.40.